The van der Waals surface area contributed by atoms with E-state index in [0.29, 0.717) is 44.9 Å². The third-order valence-electron chi connectivity index (χ3n) is 7.24. The van der Waals surface area contributed by atoms with Crippen molar-refractivity contribution >= 4 is 49.8 Å². The van der Waals surface area contributed by atoms with Crippen molar-refractivity contribution in [2.24, 2.45) is 0 Å². The summed E-state index contributed by atoms with van der Waals surface area (Å²) in [6.07, 6.45) is 0. The Morgan fingerprint density at radius 3 is 1.60 bits per heavy atom. The molecule has 5 aromatic carbocycles. The van der Waals surface area contributed by atoms with Gasteiger partial charge in [0.1, 0.15) is 23.0 Å². The van der Waals surface area contributed by atoms with E-state index in [-0.39, 0.29) is 11.5 Å². The van der Waals surface area contributed by atoms with Gasteiger partial charge in [-0.25, -0.2) is 14.4 Å². The van der Waals surface area contributed by atoms with Crippen LogP contribution in [0, 0.1) is 0 Å². The van der Waals surface area contributed by atoms with Crippen molar-refractivity contribution in [3.63, 3.8) is 0 Å². The maximum Gasteiger partial charge on any atom is 0.343 e. The van der Waals surface area contributed by atoms with E-state index in [2.05, 4.69) is 31.9 Å². The Morgan fingerprint density at radius 1 is 0.605 bits per heavy atom. The molecule has 210 valence electrons. The largest absolute Gasteiger partial charge is 0.456 e. The van der Waals surface area contributed by atoms with Gasteiger partial charge >= 0.3 is 17.9 Å². The first-order valence-electron chi connectivity index (χ1n) is 13.1. The van der Waals surface area contributed by atoms with Gasteiger partial charge in [0.25, 0.3) is 0 Å². The van der Waals surface area contributed by atoms with Crippen molar-refractivity contribution in [1.29, 1.82) is 0 Å². The highest BCUT2D eigenvalue weighted by atomic mass is 79.9. The highest BCUT2D eigenvalue weighted by molar-refractivity contribution is 9.10. The van der Waals surface area contributed by atoms with Crippen molar-refractivity contribution < 1.29 is 33.3 Å². The summed E-state index contributed by atoms with van der Waals surface area (Å²) in [4.78, 5) is 38.8. The number of rotatable bonds is 4. The average Bonchev–Trinajstić information content (AvgIpc) is 3.30. The fourth-order valence-electron chi connectivity index (χ4n) is 5.27. The molecule has 2 aliphatic rings. The molecule has 5 aromatic rings. The summed E-state index contributed by atoms with van der Waals surface area (Å²) < 4.78 is 25.5. The van der Waals surface area contributed by atoms with E-state index < -0.39 is 23.5 Å². The van der Waals surface area contributed by atoms with Crippen LogP contribution in [0.25, 0.3) is 0 Å². The molecule has 2 heterocycles. The Bertz CT molecular complexity index is 1840. The Kier molecular flexibility index (Phi) is 6.64. The number of carbonyl (C=O) groups is 3. The Balaban J connectivity index is 1.29. The molecular weight excluding hydrogens is 680 g/mol. The summed E-state index contributed by atoms with van der Waals surface area (Å²) in [5, 5.41) is 0. The van der Waals surface area contributed by atoms with Gasteiger partial charge in [-0.2, -0.15) is 0 Å². The van der Waals surface area contributed by atoms with E-state index in [4.69, 9.17) is 18.9 Å². The summed E-state index contributed by atoms with van der Waals surface area (Å²) in [7, 11) is 0. The SMILES string of the molecule is O=C(Oc1ccc2c(c1)Oc1cc(OC(=O)c3ccc(Br)cc3)ccc1C21OC(=O)c2ccccc21)c1ccc(Br)cc1. The molecule has 0 saturated heterocycles. The minimum Gasteiger partial charge on any atom is -0.456 e. The van der Waals surface area contributed by atoms with Crippen LogP contribution >= 0.6 is 31.9 Å². The maximum atomic E-state index is 13.1. The molecular formula is C34H18Br2O7. The predicted molar refractivity (Wildman–Crippen MR) is 163 cm³/mol. The molecule has 2 aliphatic heterocycles. The fourth-order valence-corrected chi connectivity index (χ4v) is 5.80. The highest BCUT2D eigenvalue weighted by Gasteiger charge is 2.53. The molecule has 0 saturated carbocycles. The molecule has 0 fully saturated rings. The van der Waals surface area contributed by atoms with E-state index in [1.165, 1.54) is 0 Å². The monoisotopic (exact) mass is 696 g/mol. The van der Waals surface area contributed by atoms with Crippen LogP contribution in [0.5, 0.6) is 23.0 Å². The lowest BCUT2D eigenvalue weighted by Crippen LogP contribution is -2.33. The fraction of sp³-hybridized carbons (Fsp3) is 0.0294. The standard InChI is InChI=1S/C34H18Br2O7/c35-21-9-5-19(6-10-21)31(37)40-23-13-15-27-29(17-23)42-30-18-24(41-32(38)20-7-11-22(36)12-8-20)14-16-28(30)34(27)26-4-2-1-3-25(26)33(39)43-34/h1-18H. The second-order valence-electron chi connectivity index (χ2n) is 9.83. The lowest BCUT2D eigenvalue weighted by Gasteiger charge is -2.36. The van der Waals surface area contributed by atoms with Crippen LogP contribution in [-0.4, -0.2) is 17.9 Å². The number of esters is 3. The van der Waals surface area contributed by atoms with Crippen LogP contribution in [0.15, 0.2) is 118 Å². The van der Waals surface area contributed by atoms with Crippen molar-refractivity contribution in [3.05, 3.63) is 152 Å². The molecule has 0 aliphatic carbocycles. The molecule has 7 rings (SSSR count). The van der Waals surface area contributed by atoms with Gasteiger partial charge in [-0.3, -0.25) is 0 Å². The van der Waals surface area contributed by atoms with Crippen LogP contribution in [-0.2, 0) is 10.3 Å². The highest BCUT2D eigenvalue weighted by Crippen LogP contribution is 2.57. The summed E-state index contributed by atoms with van der Waals surface area (Å²) in [5.41, 5.74) is 1.60. The molecule has 0 unspecified atom stereocenters. The van der Waals surface area contributed by atoms with Gasteiger partial charge in [-0.1, -0.05) is 50.1 Å². The molecule has 0 atom stereocenters. The third-order valence-corrected chi connectivity index (χ3v) is 8.29. The van der Waals surface area contributed by atoms with Gasteiger partial charge in [0.15, 0.2) is 5.60 Å². The average molecular weight is 698 g/mol. The van der Waals surface area contributed by atoms with Crippen molar-refractivity contribution in [3.8, 4) is 23.0 Å². The first kappa shape index (κ1) is 27.1. The van der Waals surface area contributed by atoms with Gasteiger partial charge < -0.3 is 18.9 Å². The number of hydrogen-bond acceptors (Lipinski definition) is 7. The topological polar surface area (TPSA) is 88.1 Å². The molecule has 0 aromatic heterocycles. The van der Waals surface area contributed by atoms with Crippen LogP contribution in [0.3, 0.4) is 0 Å². The number of ether oxygens (including phenoxy) is 4. The molecule has 43 heavy (non-hydrogen) atoms. The van der Waals surface area contributed by atoms with E-state index in [1.54, 1.807) is 97.1 Å². The quantitative estimate of drug-likeness (QED) is 0.138. The zero-order valence-electron chi connectivity index (χ0n) is 22.0. The minimum absolute atomic E-state index is 0.237. The summed E-state index contributed by atoms with van der Waals surface area (Å²) in [6, 6.07) is 30.6. The molecule has 7 nitrogen and oxygen atoms in total. The summed E-state index contributed by atoms with van der Waals surface area (Å²) in [6.45, 7) is 0. The van der Waals surface area contributed by atoms with Crippen LogP contribution < -0.4 is 14.2 Å². The summed E-state index contributed by atoms with van der Waals surface area (Å²) >= 11 is 6.72. The molecule has 0 bridgehead atoms. The van der Waals surface area contributed by atoms with Crippen molar-refractivity contribution in [1.82, 2.24) is 0 Å². The van der Waals surface area contributed by atoms with Crippen LogP contribution in [0.4, 0.5) is 0 Å². The molecule has 0 amide bonds. The first-order chi connectivity index (χ1) is 20.8. The van der Waals surface area contributed by atoms with Crippen molar-refractivity contribution in [2.75, 3.05) is 0 Å². The first-order valence-corrected chi connectivity index (χ1v) is 14.7. The minimum atomic E-state index is -1.33. The number of halogens is 2. The lowest BCUT2D eigenvalue weighted by molar-refractivity contribution is 0.0224. The van der Waals surface area contributed by atoms with Gasteiger partial charge in [-0.05, 0) is 78.9 Å². The van der Waals surface area contributed by atoms with Gasteiger partial charge in [0.05, 0.1) is 16.7 Å². The number of benzene rings is 5. The maximum absolute atomic E-state index is 13.1. The number of hydrogen-bond donors (Lipinski definition) is 0. The predicted octanol–water partition coefficient (Wildman–Crippen LogP) is 8.22. The van der Waals surface area contributed by atoms with E-state index in [1.807, 2.05) is 12.1 Å². The second kappa shape index (κ2) is 10.5. The van der Waals surface area contributed by atoms with Gasteiger partial charge in [0.2, 0.25) is 0 Å². The zero-order chi connectivity index (χ0) is 29.7. The third kappa shape index (κ3) is 4.70. The van der Waals surface area contributed by atoms with Gasteiger partial charge in [-0.15, -0.1) is 0 Å². The normalized spacial score (nSPS) is 13.7. The number of carbonyl (C=O) groups excluding carboxylic acids is 3. The molecule has 0 radical (unpaired) electrons. The van der Waals surface area contributed by atoms with E-state index in [0.717, 1.165) is 8.95 Å². The Morgan fingerprint density at radius 2 is 1.09 bits per heavy atom. The van der Waals surface area contributed by atoms with Gasteiger partial charge in [0, 0.05) is 37.8 Å². The molecule has 0 N–H and O–H groups in total. The Labute approximate surface area is 262 Å². The Hall–Kier alpha value is -4.73. The lowest BCUT2D eigenvalue weighted by atomic mass is 9.77. The number of fused-ring (bicyclic) bond motifs is 6. The van der Waals surface area contributed by atoms with Crippen molar-refractivity contribution in [2.45, 2.75) is 5.60 Å². The summed E-state index contributed by atoms with van der Waals surface area (Å²) in [5.74, 6) is -0.465. The molecule has 9 heteroatoms. The molecule has 1 spiro atoms. The van der Waals surface area contributed by atoms with Crippen LogP contribution in [0.1, 0.15) is 47.8 Å². The zero-order valence-corrected chi connectivity index (χ0v) is 25.2. The van der Waals surface area contributed by atoms with E-state index in [9.17, 15) is 14.4 Å². The smallest absolute Gasteiger partial charge is 0.343 e. The second-order valence-corrected chi connectivity index (χ2v) is 11.7. The van der Waals surface area contributed by atoms with Crippen LogP contribution in [0.2, 0.25) is 0 Å². The van der Waals surface area contributed by atoms with E-state index >= 15 is 0 Å².